The first-order valence-corrected chi connectivity index (χ1v) is 7.80. The second-order valence-electron chi connectivity index (χ2n) is 5.19. The van der Waals surface area contributed by atoms with Gasteiger partial charge in [-0.2, -0.15) is 13.2 Å². The Morgan fingerprint density at radius 1 is 1.12 bits per heavy atom. The van der Waals surface area contributed by atoms with Crippen LogP contribution in [0.5, 0.6) is 5.75 Å². The lowest BCUT2D eigenvalue weighted by Gasteiger charge is -2.13. The van der Waals surface area contributed by atoms with E-state index in [-0.39, 0.29) is 17.9 Å². The normalized spacial score (nSPS) is 11.3. The van der Waals surface area contributed by atoms with E-state index in [0.29, 0.717) is 31.4 Å². The van der Waals surface area contributed by atoms with Gasteiger partial charge in [-0.15, -0.1) is 0 Å². The Bertz CT molecular complexity index is 762. The Morgan fingerprint density at radius 2 is 1.85 bits per heavy atom. The largest absolute Gasteiger partial charge is 0.490 e. The number of alkyl halides is 3. The molecule has 2 rings (SSSR count). The summed E-state index contributed by atoms with van der Waals surface area (Å²) in [5.74, 6) is -1.53. The number of hydrogen-bond acceptors (Lipinski definition) is 3. The fourth-order valence-electron chi connectivity index (χ4n) is 2.12. The van der Waals surface area contributed by atoms with Crippen molar-refractivity contribution >= 4 is 11.6 Å². The van der Waals surface area contributed by atoms with Crippen molar-refractivity contribution < 1.29 is 31.8 Å². The van der Waals surface area contributed by atoms with E-state index < -0.39 is 29.2 Å². The molecular weight excluding hydrogens is 354 g/mol. The number of amides is 1. The number of hydrogen-bond donors (Lipinski definition) is 1. The van der Waals surface area contributed by atoms with Gasteiger partial charge in [0.15, 0.2) is 0 Å². The van der Waals surface area contributed by atoms with Crippen LogP contribution in [0.4, 0.5) is 23.2 Å². The summed E-state index contributed by atoms with van der Waals surface area (Å²) in [6.45, 7) is 2.84. The Hall–Kier alpha value is -2.61. The molecule has 140 valence electrons. The molecule has 0 aliphatic rings. The lowest BCUT2D eigenvalue weighted by molar-refractivity contribution is -0.137. The van der Waals surface area contributed by atoms with Gasteiger partial charge in [0.2, 0.25) is 0 Å². The second-order valence-corrected chi connectivity index (χ2v) is 5.19. The minimum atomic E-state index is -4.65. The summed E-state index contributed by atoms with van der Waals surface area (Å²) >= 11 is 0. The minimum Gasteiger partial charge on any atom is -0.490 e. The first-order chi connectivity index (χ1) is 12.3. The fraction of sp³-hybridized carbons (Fsp3) is 0.278. The van der Waals surface area contributed by atoms with Gasteiger partial charge >= 0.3 is 6.18 Å². The third kappa shape index (κ3) is 5.19. The second kappa shape index (κ2) is 8.66. The molecule has 0 spiro atoms. The average molecular weight is 371 g/mol. The van der Waals surface area contributed by atoms with Crippen molar-refractivity contribution in [3.05, 3.63) is 59.4 Å². The third-order valence-electron chi connectivity index (χ3n) is 3.36. The smallest absolute Gasteiger partial charge is 0.416 e. The first-order valence-electron chi connectivity index (χ1n) is 7.80. The maximum absolute atomic E-state index is 13.8. The molecule has 0 aliphatic carbocycles. The van der Waals surface area contributed by atoms with Crippen LogP contribution in [0.15, 0.2) is 42.5 Å². The summed E-state index contributed by atoms with van der Waals surface area (Å²) in [7, 11) is 0. The van der Waals surface area contributed by atoms with Crippen LogP contribution in [-0.2, 0) is 10.9 Å². The number of carbonyl (C=O) groups excluding carboxylic acids is 1. The molecule has 0 aromatic heterocycles. The number of nitrogens with one attached hydrogen (secondary N) is 1. The van der Waals surface area contributed by atoms with Crippen molar-refractivity contribution in [1.82, 2.24) is 0 Å². The van der Waals surface area contributed by atoms with Gasteiger partial charge in [-0.3, -0.25) is 4.79 Å². The highest BCUT2D eigenvalue weighted by Gasteiger charge is 2.31. The predicted molar refractivity (Wildman–Crippen MR) is 87.8 cm³/mol. The van der Waals surface area contributed by atoms with Crippen LogP contribution in [0.1, 0.15) is 22.8 Å². The highest BCUT2D eigenvalue weighted by molar-refractivity contribution is 6.06. The lowest BCUT2D eigenvalue weighted by atomic mass is 10.1. The Labute approximate surface area is 147 Å². The van der Waals surface area contributed by atoms with Crippen molar-refractivity contribution in [2.24, 2.45) is 0 Å². The zero-order valence-electron chi connectivity index (χ0n) is 13.9. The van der Waals surface area contributed by atoms with Crippen LogP contribution in [0.25, 0.3) is 0 Å². The third-order valence-corrected chi connectivity index (χ3v) is 3.36. The summed E-state index contributed by atoms with van der Waals surface area (Å²) in [5, 5.41) is 2.16. The standard InChI is InChI=1S/C18H17F4NO3/c1-2-25-9-10-26-16-6-4-3-5-13(16)17(24)23-15-11-12(18(20,21)22)7-8-14(15)19/h3-8,11H,2,9-10H2,1H3,(H,23,24). The monoisotopic (exact) mass is 371 g/mol. The van der Waals surface area contributed by atoms with Crippen LogP contribution < -0.4 is 10.1 Å². The molecule has 8 heteroatoms. The molecule has 1 amide bonds. The molecule has 0 bridgehead atoms. The summed E-state index contributed by atoms with van der Waals surface area (Å²) < 4.78 is 62.6. The average Bonchev–Trinajstić information content (AvgIpc) is 2.60. The zero-order chi connectivity index (χ0) is 19.2. The number of halogens is 4. The van der Waals surface area contributed by atoms with Crippen LogP contribution in [0.2, 0.25) is 0 Å². The first kappa shape index (κ1) is 19.7. The highest BCUT2D eigenvalue weighted by atomic mass is 19.4. The van der Waals surface area contributed by atoms with Crippen LogP contribution >= 0.6 is 0 Å². The SMILES string of the molecule is CCOCCOc1ccccc1C(=O)Nc1cc(C(F)(F)F)ccc1F. The van der Waals surface area contributed by atoms with Gasteiger partial charge in [-0.1, -0.05) is 12.1 Å². The van der Waals surface area contributed by atoms with E-state index in [2.05, 4.69) is 5.32 Å². The molecule has 0 radical (unpaired) electrons. The summed E-state index contributed by atoms with van der Waals surface area (Å²) in [4.78, 5) is 12.4. The maximum atomic E-state index is 13.8. The number of benzene rings is 2. The molecule has 1 N–H and O–H groups in total. The van der Waals surface area contributed by atoms with Crippen molar-refractivity contribution in [2.45, 2.75) is 13.1 Å². The molecule has 4 nitrogen and oxygen atoms in total. The highest BCUT2D eigenvalue weighted by Crippen LogP contribution is 2.32. The summed E-state index contributed by atoms with van der Waals surface area (Å²) in [5.41, 5.74) is -1.55. The molecule has 0 fully saturated rings. The Kier molecular flexibility index (Phi) is 6.57. The molecule has 0 aliphatic heterocycles. The fourth-order valence-corrected chi connectivity index (χ4v) is 2.12. The van der Waals surface area contributed by atoms with E-state index in [1.165, 1.54) is 12.1 Å². The molecule has 2 aromatic carbocycles. The minimum absolute atomic E-state index is 0.0702. The van der Waals surface area contributed by atoms with Crippen molar-refractivity contribution in [1.29, 1.82) is 0 Å². The number of ether oxygens (including phenoxy) is 2. The lowest BCUT2D eigenvalue weighted by Crippen LogP contribution is -2.16. The molecule has 0 atom stereocenters. The molecule has 0 saturated carbocycles. The predicted octanol–water partition coefficient (Wildman–Crippen LogP) is 4.51. The van der Waals surface area contributed by atoms with Gasteiger partial charge in [0.1, 0.15) is 18.2 Å². The molecule has 0 heterocycles. The van der Waals surface area contributed by atoms with Gasteiger partial charge in [0.05, 0.1) is 23.4 Å². The summed E-state index contributed by atoms with van der Waals surface area (Å²) in [6, 6.07) is 7.97. The van der Waals surface area contributed by atoms with Gasteiger partial charge in [0, 0.05) is 6.61 Å². The van der Waals surface area contributed by atoms with Gasteiger partial charge in [0.25, 0.3) is 5.91 Å². The number of carbonyl (C=O) groups is 1. The molecular formula is C18H17F4NO3. The van der Waals surface area contributed by atoms with Crippen LogP contribution in [-0.4, -0.2) is 25.7 Å². The molecule has 26 heavy (non-hydrogen) atoms. The van der Waals surface area contributed by atoms with E-state index in [9.17, 15) is 22.4 Å². The van der Waals surface area contributed by atoms with Crippen molar-refractivity contribution in [3.63, 3.8) is 0 Å². The van der Waals surface area contributed by atoms with E-state index in [1.54, 1.807) is 12.1 Å². The van der Waals surface area contributed by atoms with Gasteiger partial charge < -0.3 is 14.8 Å². The van der Waals surface area contributed by atoms with E-state index >= 15 is 0 Å². The maximum Gasteiger partial charge on any atom is 0.416 e. The molecule has 2 aromatic rings. The quantitative estimate of drug-likeness (QED) is 0.575. The Balaban J connectivity index is 2.18. The van der Waals surface area contributed by atoms with Crippen LogP contribution in [0, 0.1) is 5.82 Å². The Morgan fingerprint density at radius 3 is 2.54 bits per heavy atom. The van der Waals surface area contributed by atoms with Crippen molar-refractivity contribution in [2.75, 3.05) is 25.1 Å². The summed E-state index contributed by atoms with van der Waals surface area (Å²) in [6.07, 6.45) is -4.65. The topological polar surface area (TPSA) is 47.6 Å². The zero-order valence-corrected chi connectivity index (χ0v) is 13.9. The van der Waals surface area contributed by atoms with E-state index in [0.717, 1.165) is 0 Å². The van der Waals surface area contributed by atoms with Crippen molar-refractivity contribution in [3.8, 4) is 5.75 Å². The molecule has 0 saturated heterocycles. The van der Waals surface area contributed by atoms with E-state index in [1.807, 2.05) is 6.92 Å². The number of anilines is 1. The van der Waals surface area contributed by atoms with E-state index in [4.69, 9.17) is 9.47 Å². The number of rotatable bonds is 7. The van der Waals surface area contributed by atoms with Gasteiger partial charge in [-0.05, 0) is 37.3 Å². The molecule has 0 unspecified atom stereocenters. The number of para-hydroxylation sites is 1. The van der Waals surface area contributed by atoms with Crippen LogP contribution in [0.3, 0.4) is 0 Å². The van der Waals surface area contributed by atoms with Gasteiger partial charge in [-0.25, -0.2) is 4.39 Å².